The lowest BCUT2D eigenvalue weighted by Crippen LogP contribution is -2.33. The number of nitrogens with one attached hydrogen (secondary N) is 2. The van der Waals surface area contributed by atoms with Crippen molar-refractivity contribution in [3.63, 3.8) is 0 Å². The first kappa shape index (κ1) is 20.0. The highest BCUT2D eigenvalue weighted by molar-refractivity contribution is 7.92. The minimum Gasteiger partial charge on any atom is -0.350 e. The van der Waals surface area contributed by atoms with E-state index in [9.17, 15) is 13.2 Å². The molecule has 0 aliphatic rings. The predicted octanol–water partition coefficient (Wildman–Crippen LogP) is 4.02. The van der Waals surface area contributed by atoms with Crippen molar-refractivity contribution in [3.8, 4) is 0 Å². The predicted molar refractivity (Wildman–Crippen MR) is 105 cm³/mol. The van der Waals surface area contributed by atoms with Crippen molar-refractivity contribution in [1.82, 2.24) is 5.32 Å². The minimum atomic E-state index is -3.77. The van der Waals surface area contributed by atoms with Crippen LogP contribution in [0.15, 0.2) is 47.4 Å². The van der Waals surface area contributed by atoms with Crippen LogP contribution in [0.3, 0.4) is 0 Å². The van der Waals surface area contributed by atoms with E-state index in [-0.39, 0.29) is 16.8 Å². The molecule has 0 fully saturated rings. The van der Waals surface area contributed by atoms with Gasteiger partial charge in [0.25, 0.3) is 15.9 Å². The number of carbonyl (C=O) groups excluding carboxylic acids is 1. The zero-order valence-corrected chi connectivity index (χ0v) is 16.5. The molecular weight excluding hydrogens is 348 g/mol. The van der Waals surface area contributed by atoms with E-state index in [4.69, 9.17) is 0 Å². The number of carbonyl (C=O) groups is 1. The van der Waals surface area contributed by atoms with Crippen LogP contribution in [-0.2, 0) is 10.0 Å². The summed E-state index contributed by atoms with van der Waals surface area (Å²) in [6.45, 7) is 7.72. The molecular formula is C20H26N2O3S. The van der Waals surface area contributed by atoms with Crippen LogP contribution in [0.5, 0.6) is 0 Å². The van der Waals surface area contributed by atoms with E-state index in [0.29, 0.717) is 11.3 Å². The quantitative estimate of drug-likeness (QED) is 0.768. The van der Waals surface area contributed by atoms with Gasteiger partial charge in [-0.3, -0.25) is 9.52 Å². The first-order chi connectivity index (χ1) is 12.2. The molecule has 0 spiro atoms. The van der Waals surface area contributed by atoms with Crippen molar-refractivity contribution in [3.05, 3.63) is 59.2 Å². The second kappa shape index (κ2) is 8.36. The molecule has 0 unspecified atom stereocenters. The van der Waals surface area contributed by atoms with Crippen LogP contribution in [0.2, 0.25) is 0 Å². The summed E-state index contributed by atoms with van der Waals surface area (Å²) in [6.07, 6.45) is 1.84. The van der Waals surface area contributed by atoms with Crippen molar-refractivity contribution in [2.24, 2.45) is 0 Å². The Hall–Kier alpha value is -2.34. The Balaban J connectivity index is 2.26. The second-order valence-electron chi connectivity index (χ2n) is 6.61. The molecule has 5 nitrogen and oxygen atoms in total. The monoisotopic (exact) mass is 374 g/mol. The summed E-state index contributed by atoms with van der Waals surface area (Å²) in [5.41, 5.74) is 2.64. The third kappa shape index (κ3) is 5.08. The Bertz CT molecular complexity index is 874. The number of rotatable bonds is 7. The van der Waals surface area contributed by atoms with Gasteiger partial charge in [0, 0.05) is 17.3 Å². The summed E-state index contributed by atoms with van der Waals surface area (Å²) in [6, 6.07) is 11.7. The van der Waals surface area contributed by atoms with Crippen LogP contribution < -0.4 is 10.0 Å². The van der Waals surface area contributed by atoms with Gasteiger partial charge in [-0.2, -0.15) is 0 Å². The molecule has 1 amide bonds. The van der Waals surface area contributed by atoms with E-state index in [1.165, 1.54) is 12.1 Å². The standard InChI is InChI=1S/C20H26N2O3S/c1-5-6-16(4)21-20(23)19-13-18(12-9-15(19)3)26(24,25)22-17-10-7-14(2)8-11-17/h7-13,16,22H,5-6H2,1-4H3,(H,21,23)/t16-/m1/s1. The molecule has 0 aliphatic carbocycles. The molecule has 2 aromatic rings. The van der Waals surface area contributed by atoms with Crippen LogP contribution in [0.25, 0.3) is 0 Å². The van der Waals surface area contributed by atoms with Crippen molar-refractivity contribution in [2.45, 2.75) is 51.5 Å². The van der Waals surface area contributed by atoms with Crippen molar-refractivity contribution < 1.29 is 13.2 Å². The van der Waals surface area contributed by atoms with E-state index >= 15 is 0 Å². The summed E-state index contributed by atoms with van der Waals surface area (Å²) in [7, 11) is -3.77. The van der Waals surface area contributed by atoms with Gasteiger partial charge >= 0.3 is 0 Å². The Kier molecular flexibility index (Phi) is 6.42. The molecule has 0 saturated carbocycles. The third-order valence-electron chi connectivity index (χ3n) is 4.17. The van der Waals surface area contributed by atoms with Gasteiger partial charge in [0.1, 0.15) is 0 Å². The third-order valence-corrected chi connectivity index (χ3v) is 5.55. The summed E-state index contributed by atoms with van der Waals surface area (Å²) >= 11 is 0. The van der Waals surface area contributed by atoms with Gasteiger partial charge in [-0.05, 0) is 57.0 Å². The van der Waals surface area contributed by atoms with Crippen LogP contribution >= 0.6 is 0 Å². The number of sulfonamides is 1. The van der Waals surface area contributed by atoms with E-state index in [1.54, 1.807) is 25.1 Å². The normalized spacial score (nSPS) is 12.5. The number of hydrogen-bond donors (Lipinski definition) is 2. The van der Waals surface area contributed by atoms with Gasteiger partial charge < -0.3 is 5.32 Å². The Morgan fingerprint density at radius 2 is 1.73 bits per heavy atom. The van der Waals surface area contributed by atoms with Crippen molar-refractivity contribution in [2.75, 3.05) is 4.72 Å². The highest BCUT2D eigenvalue weighted by Gasteiger charge is 2.19. The van der Waals surface area contributed by atoms with E-state index < -0.39 is 10.0 Å². The molecule has 140 valence electrons. The maximum Gasteiger partial charge on any atom is 0.261 e. The number of benzene rings is 2. The summed E-state index contributed by atoms with van der Waals surface area (Å²) in [5.74, 6) is -0.254. The van der Waals surface area contributed by atoms with Gasteiger partial charge in [0.15, 0.2) is 0 Å². The zero-order valence-electron chi connectivity index (χ0n) is 15.7. The molecule has 2 N–H and O–H groups in total. The molecule has 0 aromatic heterocycles. The fraction of sp³-hybridized carbons (Fsp3) is 0.350. The lowest BCUT2D eigenvalue weighted by Gasteiger charge is -2.15. The fourth-order valence-electron chi connectivity index (χ4n) is 2.66. The van der Waals surface area contributed by atoms with Gasteiger partial charge in [-0.1, -0.05) is 37.1 Å². The maximum absolute atomic E-state index is 12.7. The molecule has 0 saturated heterocycles. The summed E-state index contributed by atoms with van der Waals surface area (Å²) in [5, 5.41) is 2.92. The van der Waals surface area contributed by atoms with Gasteiger partial charge in [0.05, 0.1) is 4.90 Å². The molecule has 0 bridgehead atoms. The number of hydrogen-bond acceptors (Lipinski definition) is 3. The van der Waals surface area contributed by atoms with Gasteiger partial charge in [-0.25, -0.2) is 8.42 Å². The topological polar surface area (TPSA) is 75.3 Å². The largest absolute Gasteiger partial charge is 0.350 e. The minimum absolute atomic E-state index is 0.0397. The Morgan fingerprint density at radius 3 is 2.35 bits per heavy atom. The van der Waals surface area contributed by atoms with Gasteiger partial charge in [-0.15, -0.1) is 0 Å². The van der Waals surface area contributed by atoms with Crippen molar-refractivity contribution in [1.29, 1.82) is 0 Å². The lowest BCUT2D eigenvalue weighted by molar-refractivity contribution is 0.0937. The van der Waals surface area contributed by atoms with Crippen LogP contribution in [0.1, 0.15) is 48.2 Å². The number of amides is 1. The first-order valence-corrected chi connectivity index (χ1v) is 10.2. The molecule has 6 heteroatoms. The highest BCUT2D eigenvalue weighted by Crippen LogP contribution is 2.20. The number of aryl methyl sites for hydroxylation is 2. The summed E-state index contributed by atoms with van der Waals surface area (Å²) in [4.78, 5) is 12.6. The van der Waals surface area contributed by atoms with Crippen LogP contribution in [-0.4, -0.2) is 20.4 Å². The fourth-order valence-corrected chi connectivity index (χ4v) is 3.74. The molecule has 0 heterocycles. The smallest absolute Gasteiger partial charge is 0.261 e. The maximum atomic E-state index is 12.7. The molecule has 0 radical (unpaired) electrons. The number of anilines is 1. The molecule has 1 atom stereocenters. The Labute approximate surface area is 155 Å². The highest BCUT2D eigenvalue weighted by atomic mass is 32.2. The average molecular weight is 375 g/mol. The van der Waals surface area contributed by atoms with Crippen LogP contribution in [0.4, 0.5) is 5.69 Å². The molecule has 26 heavy (non-hydrogen) atoms. The van der Waals surface area contributed by atoms with Gasteiger partial charge in [0.2, 0.25) is 0 Å². The molecule has 2 rings (SSSR count). The Morgan fingerprint density at radius 1 is 1.08 bits per heavy atom. The van der Waals surface area contributed by atoms with E-state index in [2.05, 4.69) is 17.0 Å². The average Bonchev–Trinajstić information content (AvgIpc) is 2.57. The zero-order chi connectivity index (χ0) is 19.3. The second-order valence-corrected chi connectivity index (χ2v) is 8.29. The van der Waals surface area contributed by atoms with Crippen LogP contribution in [0, 0.1) is 13.8 Å². The summed E-state index contributed by atoms with van der Waals surface area (Å²) < 4.78 is 27.9. The van der Waals surface area contributed by atoms with Crippen molar-refractivity contribution >= 4 is 21.6 Å². The van der Waals surface area contributed by atoms with E-state index in [0.717, 1.165) is 24.0 Å². The molecule has 0 aliphatic heterocycles. The SMILES string of the molecule is CCC[C@@H](C)NC(=O)c1cc(S(=O)(=O)Nc2ccc(C)cc2)ccc1C. The first-order valence-electron chi connectivity index (χ1n) is 8.74. The molecule has 2 aromatic carbocycles. The lowest BCUT2D eigenvalue weighted by atomic mass is 10.1. The van der Waals surface area contributed by atoms with E-state index in [1.807, 2.05) is 26.0 Å².